The molecule has 26 heavy (non-hydrogen) atoms. The summed E-state index contributed by atoms with van der Waals surface area (Å²) in [6, 6.07) is 17.6. The van der Waals surface area contributed by atoms with Crippen molar-refractivity contribution in [3.63, 3.8) is 0 Å². The third-order valence-corrected chi connectivity index (χ3v) is 4.23. The average molecular weight is 349 g/mol. The van der Waals surface area contributed by atoms with Gasteiger partial charge in [-0.2, -0.15) is 0 Å². The van der Waals surface area contributed by atoms with Crippen molar-refractivity contribution in [2.24, 2.45) is 0 Å². The van der Waals surface area contributed by atoms with Crippen LogP contribution in [0.15, 0.2) is 60.8 Å². The Morgan fingerprint density at radius 1 is 1.12 bits per heavy atom. The molecule has 2 N–H and O–H groups in total. The van der Waals surface area contributed by atoms with Gasteiger partial charge in [-0.25, -0.2) is 0 Å². The van der Waals surface area contributed by atoms with Crippen LogP contribution >= 0.6 is 0 Å². The van der Waals surface area contributed by atoms with Crippen LogP contribution in [0.1, 0.15) is 18.9 Å². The van der Waals surface area contributed by atoms with Crippen molar-refractivity contribution >= 4 is 22.5 Å². The van der Waals surface area contributed by atoms with Gasteiger partial charge in [-0.1, -0.05) is 36.4 Å². The molecule has 0 radical (unpaired) electrons. The van der Waals surface area contributed by atoms with Crippen molar-refractivity contribution in [3.8, 4) is 5.75 Å². The Kier molecular flexibility index (Phi) is 5.81. The van der Waals surface area contributed by atoms with E-state index in [9.17, 15) is 4.79 Å². The quantitative estimate of drug-likeness (QED) is 0.682. The van der Waals surface area contributed by atoms with Gasteiger partial charge in [-0.3, -0.25) is 9.78 Å². The summed E-state index contributed by atoms with van der Waals surface area (Å²) in [5.41, 5.74) is 2.80. The molecule has 0 spiro atoms. The largest absolute Gasteiger partial charge is 0.495 e. The Morgan fingerprint density at radius 2 is 1.92 bits per heavy atom. The molecule has 0 aliphatic rings. The number of rotatable bonds is 7. The first kappa shape index (κ1) is 17.9. The number of anilines is 1. The number of benzene rings is 2. The molecular weight excluding hydrogens is 326 g/mol. The lowest BCUT2D eigenvalue weighted by Gasteiger charge is -2.15. The molecule has 1 atom stereocenters. The zero-order valence-electron chi connectivity index (χ0n) is 15.0. The van der Waals surface area contributed by atoms with Gasteiger partial charge in [-0.15, -0.1) is 0 Å². The second kappa shape index (κ2) is 8.45. The van der Waals surface area contributed by atoms with E-state index in [2.05, 4.69) is 33.8 Å². The molecule has 3 aromatic rings. The maximum absolute atomic E-state index is 12.3. The fraction of sp³-hybridized carbons (Fsp3) is 0.238. The van der Waals surface area contributed by atoms with E-state index in [1.807, 2.05) is 43.3 Å². The molecule has 1 amide bonds. The van der Waals surface area contributed by atoms with E-state index in [0.717, 1.165) is 16.5 Å². The molecule has 1 heterocycles. The summed E-state index contributed by atoms with van der Waals surface area (Å²) >= 11 is 0. The number of amides is 1. The molecule has 0 saturated carbocycles. The molecule has 3 rings (SSSR count). The van der Waals surface area contributed by atoms with E-state index >= 15 is 0 Å². The van der Waals surface area contributed by atoms with Crippen LogP contribution in [-0.4, -0.2) is 24.0 Å². The Hall–Kier alpha value is -2.92. The van der Waals surface area contributed by atoms with Crippen molar-refractivity contribution < 1.29 is 9.53 Å². The fourth-order valence-corrected chi connectivity index (χ4v) is 2.89. The van der Waals surface area contributed by atoms with Crippen molar-refractivity contribution in [3.05, 3.63) is 66.4 Å². The van der Waals surface area contributed by atoms with Crippen LogP contribution < -0.4 is 15.4 Å². The summed E-state index contributed by atoms with van der Waals surface area (Å²) in [5, 5.41) is 7.43. The number of nitrogens with zero attached hydrogens (tertiary/aromatic N) is 1. The number of carbonyl (C=O) groups is 1. The van der Waals surface area contributed by atoms with Crippen molar-refractivity contribution in [1.82, 2.24) is 10.3 Å². The number of aromatic nitrogens is 1. The SMILES string of the molecule is COc1ccccc1NC(=O)C[C@H](C)NCc1cccc2cccnc12. The van der Waals surface area contributed by atoms with Gasteiger partial charge in [-0.05, 0) is 30.7 Å². The standard InChI is InChI=1S/C21H23N3O2/c1-15(13-20(25)24-18-10-3-4-11-19(18)26-2)23-14-17-8-5-7-16-9-6-12-22-21(16)17/h3-12,15,23H,13-14H2,1-2H3,(H,24,25)/t15-/m0/s1. The molecule has 0 saturated heterocycles. The number of ether oxygens (including phenoxy) is 1. The number of carbonyl (C=O) groups excluding carboxylic acids is 1. The normalized spacial score (nSPS) is 11.9. The van der Waals surface area contributed by atoms with Gasteiger partial charge in [0.1, 0.15) is 5.75 Å². The summed E-state index contributed by atoms with van der Waals surface area (Å²) in [5.74, 6) is 0.605. The van der Waals surface area contributed by atoms with E-state index in [1.54, 1.807) is 13.3 Å². The third kappa shape index (κ3) is 4.37. The van der Waals surface area contributed by atoms with Crippen molar-refractivity contribution in [2.75, 3.05) is 12.4 Å². The number of pyridine rings is 1. The summed E-state index contributed by atoms with van der Waals surface area (Å²) in [4.78, 5) is 16.8. The fourth-order valence-electron chi connectivity index (χ4n) is 2.89. The lowest BCUT2D eigenvalue weighted by Crippen LogP contribution is -2.30. The molecule has 2 aromatic carbocycles. The Labute approximate surface area is 153 Å². The summed E-state index contributed by atoms with van der Waals surface area (Å²) in [6.07, 6.45) is 2.17. The number of para-hydroxylation sites is 3. The van der Waals surface area contributed by atoms with E-state index < -0.39 is 0 Å². The lowest BCUT2D eigenvalue weighted by atomic mass is 10.1. The number of fused-ring (bicyclic) bond motifs is 1. The lowest BCUT2D eigenvalue weighted by molar-refractivity contribution is -0.116. The van der Waals surface area contributed by atoms with Gasteiger partial charge in [0.05, 0.1) is 18.3 Å². The van der Waals surface area contributed by atoms with Crippen LogP contribution in [0, 0.1) is 0 Å². The molecule has 5 nitrogen and oxygen atoms in total. The van der Waals surface area contributed by atoms with Crippen LogP contribution in [0.3, 0.4) is 0 Å². The molecule has 1 aromatic heterocycles. The van der Waals surface area contributed by atoms with Gasteiger partial charge >= 0.3 is 0 Å². The summed E-state index contributed by atoms with van der Waals surface area (Å²) < 4.78 is 5.26. The van der Waals surface area contributed by atoms with Crippen LogP contribution in [0.5, 0.6) is 5.75 Å². The Morgan fingerprint density at radius 3 is 2.77 bits per heavy atom. The zero-order chi connectivity index (χ0) is 18.4. The smallest absolute Gasteiger partial charge is 0.226 e. The van der Waals surface area contributed by atoms with Crippen LogP contribution in [0.2, 0.25) is 0 Å². The molecule has 5 heteroatoms. The van der Waals surface area contributed by atoms with E-state index in [1.165, 1.54) is 0 Å². The van der Waals surface area contributed by atoms with Gasteiger partial charge < -0.3 is 15.4 Å². The Bertz CT molecular complexity index is 890. The van der Waals surface area contributed by atoms with E-state index in [0.29, 0.717) is 24.4 Å². The van der Waals surface area contributed by atoms with Crippen LogP contribution in [0.4, 0.5) is 5.69 Å². The minimum Gasteiger partial charge on any atom is -0.495 e. The van der Waals surface area contributed by atoms with E-state index in [-0.39, 0.29) is 11.9 Å². The highest BCUT2D eigenvalue weighted by molar-refractivity contribution is 5.92. The zero-order valence-corrected chi connectivity index (χ0v) is 15.0. The highest BCUT2D eigenvalue weighted by Gasteiger charge is 2.12. The first-order valence-electron chi connectivity index (χ1n) is 8.66. The summed E-state index contributed by atoms with van der Waals surface area (Å²) in [6.45, 7) is 2.66. The first-order valence-corrected chi connectivity index (χ1v) is 8.66. The molecule has 0 aliphatic carbocycles. The van der Waals surface area contributed by atoms with Crippen molar-refractivity contribution in [2.45, 2.75) is 25.9 Å². The van der Waals surface area contributed by atoms with Crippen LogP contribution in [0.25, 0.3) is 10.9 Å². The van der Waals surface area contributed by atoms with Gasteiger partial charge in [0.2, 0.25) is 5.91 Å². The van der Waals surface area contributed by atoms with Crippen molar-refractivity contribution in [1.29, 1.82) is 0 Å². The first-order chi connectivity index (χ1) is 12.7. The molecule has 0 bridgehead atoms. The average Bonchev–Trinajstić information content (AvgIpc) is 2.66. The summed E-state index contributed by atoms with van der Waals surface area (Å²) in [7, 11) is 1.59. The number of nitrogens with one attached hydrogen (secondary N) is 2. The predicted octanol–water partition coefficient (Wildman–Crippen LogP) is 3.75. The van der Waals surface area contributed by atoms with Gasteiger partial charge in [0, 0.05) is 30.6 Å². The predicted molar refractivity (Wildman–Crippen MR) is 104 cm³/mol. The van der Waals surface area contributed by atoms with E-state index in [4.69, 9.17) is 4.74 Å². The second-order valence-corrected chi connectivity index (χ2v) is 6.23. The maximum Gasteiger partial charge on any atom is 0.226 e. The maximum atomic E-state index is 12.3. The monoisotopic (exact) mass is 349 g/mol. The number of hydrogen-bond donors (Lipinski definition) is 2. The van der Waals surface area contributed by atoms with Gasteiger partial charge in [0.25, 0.3) is 0 Å². The second-order valence-electron chi connectivity index (χ2n) is 6.23. The Balaban J connectivity index is 1.57. The minimum atomic E-state index is -0.0504. The molecule has 134 valence electrons. The molecule has 0 aliphatic heterocycles. The molecule has 0 fully saturated rings. The third-order valence-electron chi connectivity index (χ3n) is 4.23. The highest BCUT2D eigenvalue weighted by Crippen LogP contribution is 2.23. The molecule has 0 unspecified atom stereocenters. The molecular formula is C21H23N3O2. The van der Waals surface area contributed by atoms with Gasteiger partial charge in [0.15, 0.2) is 0 Å². The number of methoxy groups -OCH3 is 1. The highest BCUT2D eigenvalue weighted by atomic mass is 16.5. The number of hydrogen-bond acceptors (Lipinski definition) is 4. The van der Waals surface area contributed by atoms with Crippen LogP contribution in [-0.2, 0) is 11.3 Å². The minimum absolute atomic E-state index is 0.0312. The topological polar surface area (TPSA) is 63.2 Å².